The van der Waals surface area contributed by atoms with Gasteiger partial charge in [-0.05, 0) is 83.4 Å². The molecular weight excluding hydrogens is 585 g/mol. The molecule has 0 amide bonds. The minimum atomic E-state index is 0.598. The van der Waals surface area contributed by atoms with Crippen molar-refractivity contribution in [3.63, 3.8) is 0 Å². The number of aromatic nitrogens is 2. The zero-order valence-electron chi connectivity index (χ0n) is 25.8. The summed E-state index contributed by atoms with van der Waals surface area (Å²) in [5.41, 5.74) is 11.6. The Morgan fingerprint density at radius 1 is 0.417 bits per heavy atom. The molecule has 7 aromatic carbocycles. The lowest BCUT2D eigenvalue weighted by molar-refractivity contribution is 1.18. The summed E-state index contributed by atoms with van der Waals surface area (Å²) in [6.45, 7) is 0. The fraction of sp³-hybridized carbons (Fsp3) is 0. The molecule has 0 bridgehead atoms. The van der Waals surface area contributed by atoms with E-state index in [1.807, 2.05) is 36.4 Å². The van der Waals surface area contributed by atoms with Crippen LogP contribution in [0.5, 0.6) is 0 Å². The normalized spacial score (nSPS) is 11.3. The summed E-state index contributed by atoms with van der Waals surface area (Å²) in [5, 5.41) is 24.6. The third-order valence-electron chi connectivity index (χ3n) is 9.35. The second-order valence-electron chi connectivity index (χ2n) is 12.0. The van der Waals surface area contributed by atoms with Gasteiger partial charge in [-0.15, -0.1) is 0 Å². The smallest absolute Gasteiger partial charge is 0.0998 e. The summed E-state index contributed by atoms with van der Waals surface area (Å²) in [4.78, 5) is 0. The first-order valence-electron chi connectivity index (χ1n) is 15.9. The lowest BCUT2D eigenvalue weighted by Crippen LogP contribution is -1.98. The molecule has 2 heterocycles. The average molecular weight is 611 g/mol. The molecule has 48 heavy (non-hydrogen) atoms. The van der Waals surface area contributed by atoms with Gasteiger partial charge < -0.3 is 9.13 Å². The molecule has 4 heteroatoms. The van der Waals surface area contributed by atoms with Gasteiger partial charge in [-0.3, -0.25) is 0 Å². The minimum absolute atomic E-state index is 0.598. The van der Waals surface area contributed by atoms with E-state index in [0.29, 0.717) is 11.1 Å². The molecule has 0 N–H and O–H groups in total. The summed E-state index contributed by atoms with van der Waals surface area (Å²) < 4.78 is 4.55. The molecule has 0 saturated carbocycles. The monoisotopic (exact) mass is 610 g/mol. The van der Waals surface area contributed by atoms with Crippen LogP contribution in [0.3, 0.4) is 0 Å². The third kappa shape index (κ3) is 4.14. The topological polar surface area (TPSA) is 57.4 Å². The van der Waals surface area contributed by atoms with E-state index in [4.69, 9.17) is 0 Å². The van der Waals surface area contributed by atoms with Crippen LogP contribution in [0.4, 0.5) is 0 Å². The van der Waals surface area contributed by atoms with Gasteiger partial charge in [0.25, 0.3) is 0 Å². The highest BCUT2D eigenvalue weighted by molar-refractivity contribution is 6.12. The number of rotatable bonds is 4. The molecule has 9 aromatic rings. The Labute approximate surface area is 277 Å². The van der Waals surface area contributed by atoms with Crippen molar-refractivity contribution in [1.29, 1.82) is 10.5 Å². The van der Waals surface area contributed by atoms with Gasteiger partial charge in [0.1, 0.15) is 0 Å². The summed E-state index contributed by atoms with van der Waals surface area (Å²) in [5.74, 6) is 0. The van der Waals surface area contributed by atoms with Crippen LogP contribution >= 0.6 is 0 Å². The van der Waals surface area contributed by atoms with Crippen LogP contribution in [-0.4, -0.2) is 9.13 Å². The van der Waals surface area contributed by atoms with E-state index >= 15 is 0 Å². The highest BCUT2D eigenvalue weighted by Crippen LogP contribution is 2.39. The molecule has 0 radical (unpaired) electrons. The number of benzene rings is 7. The van der Waals surface area contributed by atoms with E-state index in [9.17, 15) is 10.5 Å². The van der Waals surface area contributed by atoms with Crippen LogP contribution in [0, 0.1) is 22.7 Å². The van der Waals surface area contributed by atoms with Crippen LogP contribution in [0.2, 0.25) is 0 Å². The summed E-state index contributed by atoms with van der Waals surface area (Å²) >= 11 is 0. The highest BCUT2D eigenvalue weighted by atomic mass is 15.0. The third-order valence-corrected chi connectivity index (χ3v) is 9.35. The zero-order chi connectivity index (χ0) is 32.2. The van der Waals surface area contributed by atoms with Gasteiger partial charge in [0.15, 0.2) is 0 Å². The molecule has 222 valence electrons. The first-order chi connectivity index (χ1) is 23.7. The van der Waals surface area contributed by atoms with Crippen molar-refractivity contribution in [3.8, 4) is 45.8 Å². The average Bonchev–Trinajstić information content (AvgIpc) is 3.68. The maximum Gasteiger partial charge on any atom is 0.0998 e. The number of hydrogen-bond donors (Lipinski definition) is 0. The van der Waals surface area contributed by atoms with E-state index in [-0.39, 0.29) is 0 Å². The van der Waals surface area contributed by atoms with Crippen molar-refractivity contribution >= 4 is 43.6 Å². The Hall–Kier alpha value is -6.88. The van der Waals surface area contributed by atoms with E-state index in [1.165, 1.54) is 10.8 Å². The number of nitriles is 2. The zero-order valence-corrected chi connectivity index (χ0v) is 25.8. The molecular formula is C44H26N4. The van der Waals surface area contributed by atoms with E-state index in [1.54, 1.807) is 0 Å². The predicted molar refractivity (Wildman–Crippen MR) is 195 cm³/mol. The van der Waals surface area contributed by atoms with Gasteiger partial charge in [-0.1, -0.05) is 91.0 Å². The molecule has 0 saturated heterocycles. The molecule has 0 spiro atoms. The van der Waals surface area contributed by atoms with Gasteiger partial charge >= 0.3 is 0 Å². The number of hydrogen-bond acceptors (Lipinski definition) is 2. The largest absolute Gasteiger partial charge is 0.309 e. The Balaban J connectivity index is 1.24. The Bertz CT molecular complexity index is 2760. The lowest BCUT2D eigenvalue weighted by atomic mass is 9.95. The predicted octanol–water partition coefficient (Wildman–Crippen LogP) is 11.0. The molecule has 0 aliphatic heterocycles. The fourth-order valence-electron chi connectivity index (χ4n) is 7.32. The van der Waals surface area contributed by atoms with Crippen molar-refractivity contribution in [1.82, 2.24) is 9.13 Å². The van der Waals surface area contributed by atoms with Crippen LogP contribution in [0.25, 0.3) is 77.2 Å². The lowest BCUT2D eigenvalue weighted by Gasteiger charge is -2.16. The van der Waals surface area contributed by atoms with Gasteiger partial charge in [0.05, 0.1) is 51.0 Å². The minimum Gasteiger partial charge on any atom is -0.309 e. The van der Waals surface area contributed by atoms with E-state index < -0.39 is 0 Å². The maximum atomic E-state index is 10.2. The molecule has 4 nitrogen and oxygen atoms in total. The standard InChI is InChI=1S/C44H26N4/c45-27-29-23-32(30-11-9-13-34(26-30)47-42-21-8-4-17-38(42)44-31(28-46)12-10-22-43(44)47)25-33(24-29)35-14-1-5-18-39(35)48-40-19-6-2-15-36(40)37-16-3-7-20-41(37)48/h1-26H. The van der Waals surface area contributed by atoms with Crippen molar-refractivity contribution in [2.24, 2.45) is 0 Å². The van der Waals surface area contributed by atoms with Gasteiger partial charge in [-0.2, -0.15) is 10.5 Å². The van der Waals surface area contributed by atoms with Gasteiger partial charge in [-0.25, -0.2) is 0 Å². The second kappa shape index (κ2) is 10.9. The number of nitrogens with zero attached hydrogens (tertiary/aromatic N) is 4. The van der Waals surface area contributed by atoms with Crippen LogP contribution in [-0.2, 0) is 0 Å². The molecule has 9 rings (SSSR count). The van der Waals surface area contributed by atoms with Gasteiger partial charge in [0, 0.05) is 32.8 Å². The Kier molecular flexibility index (Phi) is 6.22. The molecule has 0 aliphatic carbocycles. The first-order valence-corrected chi connectivity index (χ1v) is 15.9. The summed E-state index contributed by atoms with van der Waals surface area (Å²) in [6.07, 6.45) is 0. The van der Waals surface area contributed by atoms with Crippen LogP contribution in [0.15, 0.2) is 158 Å². The van der Waals surface area contributed by atoms with E-state index in [0.717, 1.165) is 66.5 Å². The molecule has 0 aliphatic rings. The summed E-state index contributed by atoms with van der Waals surface area (Å²) in [6, 6.07) is 58.9. The summed E-state index contributed by atoms with van der Waals surface area (Å²) in [7, 11) is 0. The molecule has 2 aromatic heterocycles. The molecule has 0 unspecified atom stereocenters. The van der Waals surface area contributed by atoms with Crippen molar-refractivity contribution in [3.05, 3.63) is 169 Å². The van der Waals surface area contributed by atoms with E-state index in [2.05, 4.69) is 143 Å². The highest BCUT2D eigenvalue weighted by Gasteiger charge is 2.18. The van der Waals surface area contributed by atoms with Crippen molar-refractivity contribution in [2.45, 2.75) is 0 Å². The maximum absolute atomic E-state index is 10.2. The number of fused-ring (bicyclic) bond motifs is 6. The Morgan fingerprint density at radius 3 is 1.75 bits per heavy atom. The van der Waals surface area contributed by atoms with Crippen LogP contribution in [0.1, 0.15) is 11.1 Å². The SMILES string of the molecule is N#Cc1cc(-c2cccc(-n3c4ccccc4c4c(C#N)cccc43)c2)cc(-c2ccccc2-n2c3ccccc3c3ccccc32)c1. The Morgan fingerprint density at radius 2 is 1.02 bits per heavy atom. The van der Waals surface area contributed by atoms with Crippen molar-refractivity contribution in [2.75, 3.05) is 0 Å². The molecule has 0 atom stereocenters. The first kappa shape index (κ1) is 27.4. The van der Waals surface area contributed by atoms with Crippen LogP contribution < -0.4 is 0 Å². The number of para-hydroxylation sites is 4. The second-order valence-corrected chi connectivity index (χ2v) is 12.0. The van der Waals surface area contributed by atoms with Crippen molar-refractivity contribution < 1.29 is 0 Å². The quantitative estimate of drug-likeness (QED) is 0.199. The van der Waals surface area contributed by atoms with Gasteiger partial charge in [0.2, 0.25) is 0 Å². The fourth-order valence-corrected chi connectivity index (χ4v) is 7.32. The molecule has 0 fully saturated rings.